The molecule has 0 spiro atoms. The second-order valence-corrected chi connectivity index (χ2v) is 14.1. The molecule has 46 heavy (non-hydrogen) atoms. The first-order valence-corrected chi connectivity index (χ1v) is 16.6. The average Bonchev–Trinajstić information content (AvgIpc) is 3.54. The molecule has 1 N–H and O–H groups in total. The lowest BCUT2D eigenvalue weighted by molar-refractivity contribution is 0.0956. The quantitative estimate of drug-likeness (QED) is 0.150. The number of hydrogen-bond acceptors (Lipinski definition) is 6. The van der Waals surface area contributed by atoms with Crippen LogP contribution in [-0.2, 0) is 26.1 Å². The third kappa shape index (κ3) is 8.16. The van der Waals surface area contributed by atoms with E-state index in [1.54, 1.807) is 24.3 Å². The molecule has 0 aliphatic heterocycles. The maximum atomic E-state index is 13.5. The van der Waals surface area contributed by atoms with Crippen molar-refractivity contribution in [1.82, 2.24) is 10.5 Å². The fourth-order valence-electron chi connectivity index (χ4n) is 5.19. The molecule has 9 heteroatoms. The molecule has 5 aromatic rings. The highest BCUT2D eigenvalue weighted by molar-refractivity contribution is 7.86. The van der Waals surface area contributed by atoms with Gasteiger partial charge >= 0.3 is 0 Å². The molecular formula is C37H37FN2O5S. The summed E-state index contributed by atoms with van der Waals surface area (Å²) in [5.41, 5.74) is 7.19. The van der Waals surface area contributed by atoms with E-state index in [9.17, 15) is 17.6 Å². The van der Waals surface area contributed by atoms with Gasteiger partial charge in [-0.3, -0.25) is 8.98 Å². The first-order chi connectivity index (χ1) is 21.9. The Morgan fingerprint density at radius 3 is 2.22 bits per heavy atom. The van der Waals surface area contributed by atoms with Crippen LogP contribution in [0.2, 0.25) is 0 Å². The average molecular weight is 641 g/mol. The summed E-state index contributed by atoms with van der Waals surface area (Å²) in [6.45, 7) is 6.48. The molecule has 0 aliphatic carbocycles. The fraction of sp³-hybridized carbons (Fsp3) is 0.243. The number of benzene rings is 4. The molecule has 4 aromatic carbocycles. The molecule has 238 valence electrons. The summed E-state index contributed by atoms with van der Waals surface area (Å²) in [4.78, 5) is 12.6. The van der Waals surface area contributed by atoms with Crippen molar-refractivity contribution < 1.29 is 26.3 Å². The summed E-state index contributed by atoms with van der Waals surface area (Å²) in [7, 11) is -2.56. The zero-order valence-corrected chi connectivity index (χ0v) is 27.1. The summed E-state index contributed by atoms with van der Waals surface area (Å²) < 4.78 is 46.9. The number of carbonyl (C=O) groups is 1. The minimum absolute atomic E-state index is 0.00871. The van der Waals surface area contributed by atoms with Crippen LogP contribution in [0.3, 0.4) is 0 Å². The van der Waals surface area contributed by atoms with Gasteiger partial charge in [-0.25, -0.2) is 4.39 Å². The molecule has 7 nitrogen and oxygen atoms in total. The Bertz CT molecular complexity index is 1890. The van der Waals surface area contributed by atoms with E-state index in [2.05, 4.69) is 59.7 Å². The van der Waals surface area contributed by atoms with Crippen molar-refractivity contribution in [2.75, 3.05) is 19.4 Å². The highest BCUT2D eigenvalue weighted by Crippen LogP contribution is 2.34. The monoisotopic (exact) mass is 640 g/mol. The van der Waals surface area contributed by atoms with Gasteiger partial charge in [0.15, 0.2) is 5.76 Å². The number of nitrogens with one attached hydrogen (secondary N) is 1. The van der Waals surface area contributed by atoms with Crippen molar-refractivity contribution in [2.45, 2.75) is 38.5 Å². The van der Waals surface area contributed by atoms with E-state index in [-0.39, 0.29) is 35.4 Å². The first-order valence-electron chi connectivity index (χ1n) is 15.0. The van der Waals surface area contributed by atoms with E-state index < -0.39 is 10.1 Å². The maximum Gasteiger partial charge on any atom is 0.268 e. The van der Waals surface area contributed by atoms with Crippen LogP contribution in [0.5, 0.6) is 0 Å². The second-order valence-electron chi connectivity index (χ2n) is 12.2. The van der Waals surface area contributed by atoms with E-state index in [0.717, 1.165) is 40.6 Å². The van der Waals surface area contributed by atoms with Gasteiger partial charge in [-0.05, 0) is 70.0 Å². The second kappa shape index (κ2) is 13.8. The van der Waals surface area contributed by atoms with Gasteiger partial charge in [0.1, 0.15) is 5.82 Å². The van der Waals surface area contributed by atoms with Gasteiger partial charge in [0, 0.05) is 29.7 Å². The third-order valence-electron chi connectivity index (χ3n) is 7.94. The van der Waals surface area contributed by atoms with Crippen LogP contribution >= 0.6 is 0 Å². The van der Waals surface area contributed by atoms with Crippen LogP contribution in [0.4, 0.5) is 4.39 Å². The number of amides is 1. The van der Waals surface area contributed by atoms with Crippen molar-refractivity contribution >= 4 is 16.0 Å². The number of carbonyl (C=O) groups excluding carboxylic acids is 1. The van der Waals surface area contributed by atoms with Crippen molar-refractivity contribution in [3.05, 3.63) is 137 Å². The van der Waals surface area contributed by atoms with Crippen LogP contribution in [0.1, 0.15) is 59.4 Å². The Kier molecular flexibility index (Phi) is 9.84. The van der Waals surface area contributed by atoms with Crippen LogP contribution in [0.15, 0.2) is 108 Å². The largest absolute Gasteiger partial charge is 0.356 e. The minimum atomic E-state index is -3.65. The Morgan fingerprint density at radius 2 is 1.57 bits per heavy atom. The van der Waals surface area contributed by atoms with Gasteiger partial charge in [-0.15, -0.1) is 0 Å². The lowest BCUT2D eigenvalue weighted by atomic mass is 9.83. The molecule has 0 aliphatic rings. The van der Waals surface area contributed by atoms with Gasteiger partial charge in [-0.1, -0.05) is 92.7 Å². The van der Waals surface area contributed by atoms with Crippen molar-refractivity contribution in [1.29, 1.82) is 0 Å². The predicted molar refractivity (Wildman–Crippen MR) is 178 cm³/mol. The molecule has 1 atom stereocenters. The van der Waals surface area contributed by atoms with Crippen LogP contribution in [0, 0.1) is 5.82 Å². The molecule has 0 saturated carbocycles. The Hall–Kier alpha value is -4.60. The van der Waals surface area contributed by atoms with E-state index in [0.29, 0.717) is 17.7 Å². The molecule has 1 amide bonds. The smallest absolute Gasteiger partial charge is 0.268 e. The Morgan fingerprint density at radius 1 is 0.891 bits per heavy atom. The summed E-state index contributed by atoms with van der Waals surface area (Å²) in [6, 6.07) is 32.0. The SMILES string of the molecule is COS(=O)(=O)CCNC(=O)c1ccc(CC(c2ccc(C(C)(C)C)cc2)c2cc(-c3cccc(-c4ccc(F)cc4)c3)on2)cc1. The highest BCUT2D eigenvalue weighted by Gasteiger charge is 2.22. The van der Waals surface area contributed by atoms with Crippen LogP contribution < -0.4 is 5.32 Å². The van der Waals surface area contributed by atoms with Gasteiger partial charge in [0.2, 0.25) is 0 Å². The number of nitrogens with zero attached hydrogens (tertiary/aromatic N) is 1. The van der Waals surface area contributed by atoms with Crippen molar-refractivity contribution in [2.24, 2.45) is 0 Å². The standard InChI is InChI=1S/C37H37FN2O5S/c1-37(2,3)31-16-12-27(13-17-31)33(22-25-8-10-28(11-9-25)36(41)39-20-21-46(42,43)44-4)34-24-35(45-40-34)30-7-5-6-29(23-30)26-14-18-32(38)19-15-26/h5-19,23-24,33H,20-22H2,1-4H3,(H,39,41). The molecule has 0 radical (unpaired) electrons. The fourth-order valence-corrected chi connectivity index (χ4v) is 5.71. The lowest BCUT2D eigenvalue weighted by Crippen LogP contribution is -2.29. The van der Waals surface area contributed by atoms with E-state index in [1.165, 1.54) is 17.7 Å². The van der Waals surface area contributed by atoms with Gasteiger partial charge in [-0.2, -0.15) is 8.42 Å². The van der Waals surface area contributed by atoms with Crippen molar-refractivity contribution in [3.8, 4) is 22.5 Å². The molecule has 0 saturated heterocycles. The van der Waals surface area contributed by atoms with E-state index >= 15 is 0 Å². The zero-order valence-electron chi connectivity index (χ0n) is 26.3. The summed E-state index contributed by atoms with van der Waals surface area (Å²) >= 11 is 0. The van der Waals surface area contributed by atoms with Gasteiger partial charge in [0.25, 0.3) is 16.0 Å². The summed E-state index contributed by atoms with van der Waals surface area (Å²) in [6.07, 6.45) is 0.602. The molecular weight excluding hydrogens is 603 g/mol. The van der Waals surface area contributed by atoms with Crippen LogP contribution in [-0.4, -0.2) is 38.9 Å². The predicted octanol–water partition coefficient (Wildman–Crippen LogP) is 7.53. The Labute approximate surface area is 269 Å². The molecule has 0 fully saturated rings. The normalized spacial score (nSPS) is 12.5. The first kappa shape index (κ1) is 32.8. The molecule has 1 unspecified atom stereocenters. The van der Waals surface area contributed by atoms with Crippen molar-refractivity contribution in [3.63, 3.8) is 0 Å². The highest BCUT2D eigenvalue weighted by atomic mass is 32.2. The number of halogens is 1. The lowest BCUT2D eigenvalue weighted by Gasteiger charge is -2.21. The number of hydrogen-bond donors (Lipinski definition) is 1. The molecule has 0 bridgehead atoms. The van der Waals surface area contributed by atoms with E-state index in [4.69, 9.17) is 4.52 Å². The summed E-state index contributed by atoms with van der Waals surface area (Å²) in [5.74, 6) is -0.464. The molecule has 1 heterocycles. The zero-order chi connectivity index (χ0) is 32.9. The number of rotatable bonds is 11. The third-order valence-corrected chi connectivity index (χ3v) is 9.15. The minimum Gasteiger partial charge on any atom is -0.356 e. The maximum absolute atomic E-state index is 13.5. The molecule has 5 rings (SSSR count). The van der Waals surface area contributed by atoms with E-state index in [1.807, 2.05) is 42.5 Å². The Balaban J connectivity index is 1.40. The topological polar surface area (TPSA) is 98.5 Å². The molecule has 1 aromatic heterocycles. The van der Waals surface area contributed by atoms with Crippen LogP contribution in [0.25, 0.3) is 22.5 Å². The number of aromatic nitrogens is 1. The summed E-state index contributed by atoms with van der Waals surface area (Å²) in [5, 5.41) is 7.13. The van der Waals surface area contributed by atoms with Gasteiger partial charge in [0.05, 0.1) is 18.6 Å². The van der Waals surface area contributed by atoms with Gasteiger partial charge < -0.3 is 9.84 Å².